The van der Waals surface area contributed by atoms with Crippen LogP contribution < -0.4 is 5.32 Å². The van der Waals surface area contributed by atoms with Gasteiger partial charge >= 0.3 is 0 Å². The molecular weight excluding hydrogens is 118 g/mol. The number of hydrogen-bond donors (Lipinski definition) is 1. The molecule has 9 heavy (non-hydrogen) atoms. The Morgan fingerprint density at radius 1 is 2.00 bits per heavy atom. The quantitative estimate of drug-likeness (QED) is 0.472. The minimum Gasteiger partial charge on any atom is -0.358 e. The van der Waals surface area contributed by atoms with Gasteiger partial charge in [-0.2, -0.15) is 5.26 Å². The van der Waals surface area contributed by atoms with Crippen LogP contribution >= 0.6 is 0 Å². The number of allylic oxidation sites excluding steroid dienone is 1. The molecule has 1 rings (SSSR count). The van der Waals surface area contributed by atoms with Gasteiger partial charge in [0.2, 0.25) is 6.41 Å². The first kappa shape index (κ1) is 5.63. The molecule has 0 bridgehead atoms. The van der Waals surface area contributed by atoms with Crippen LogP contribution in [0.2, 0.25) is 0 Å². The van der Waals surface area contributed by atoms with Gasteiger partial charge in [0.25, 0.3) is 0 Å². The predicted molar refractivity (Wildman–Crippen MR) is 29.6 cm³/mol. The molecule has 0 saturated heterocycles. The second kappa shape index (κ2) is 2.18. The summed E-state index contributed by atoms with van der Waals surface area (Å²) in [5.41, 5.74) is 0.433. The number of nitrogens with zero attached hydrogens (tertiary/aromatic N) is 2. The summed E-state index contributed by atoms with van der Waals surface area (Å²) in [5, 5.41) is 11.0. The van der Waals surface area contributed by atoms with Crippen LogP contribution in [0.3, 0.4) is 0 Å². The molecule has 1 aliphatic rings. The van der Waals surface area contributed by atoms with Crippen molar-refractivity contribution in [3.05, 3.63) is 11.9 Å². The smallest absolute Gasteiger partial charge is 0.215 e. The van der Waals surface area contributed by atoms with Crippen molar-refractivity contribution >= 4 is 6.41 Å². The molecular formula is C5H5N3O. The van der Waals surface area contributed by atoms with E-state index in [-0.39, 0.29) is 0 Å². The molecule has 1 N–H and O–H groups in total. The normalized spacial score (nSPS) is 15.9. The van der Waals surface area contributed by atoms with Crippen molar-refractivity contribution in [2.24, 2.45) is 0 Å². The Labute approximate surface area is 52.4 Å². The van der Waals surface area contributed by atoms with E-state index in [1.165, 1.54) is 11.1 Å². The van der Waals surface area contributed by atoms with Crippen LogP contribution in [-0.4, -0.2) is 18.0 Å². The molecule has 46 valence electrons. The molecule has 0 unspecified atom stereocenters. The predicted octanol–water partition coefficient (Wildman–Crippen LogP) is -0.630. The first-order valence-electron chi connectivity index (χ1n) is 2.43. The highest BCUT2D eigenvalue weighted by atomic mass is 16.1. The summed E-state index contributed by atoms with van der Waals surface area (Å²) >= 11 is 0. The summed E-state index contributed by atoms with van der Waals surface area (Å²) in [6.07, 6.45) is 2.13. The maximum atomic E-state index is 10.0. The maximum Gasteiger partial charge on any atom is 0.215 e. The topological polar surface area (TPSA) is 56.1 Å². The fourth-order valence-electron chi connectivity index (χ4n) is 0.570. The lowest BCUT2D eigenvalue weighted by Crippen LogP contribution is -2.19. The Hall–Kier alpha value is -1.50. The van der Waals surface area contributed by atoms with Crippen LogP contribution in [0, 0.1) is 11.3 Å². The molecule has 0 aromatic carbocycles. The third kappa shape index (κ3) is 0.995. The van der Waals surface area contributed by atoms with E-state index in [2.05, 4.69) is 5.32 Å². The zero-order valence-corrected chi connectivity index (χ0v) is 4.66. The average Bonchev–Trinajstić information content (AvgIpc) is 2.34. The van der Waals surface area contributed by atoms with Gasteiger partial charge in [-0.05, 0) is 0 Å². The number of nitriles is 1. The van der Waals surface area contributed by atoms with Crippen LogP contribution in [0.1, 0.15) is 0 Å². The first-order chi connectivity index (χ1) is 4.36. The van der Waals surface area contributed by atoms with Crippen LogP contribution in [0.15, 0.2) is 11.9 Å². The van der Waals surface area contributed by atoms with Gasteiger partial charge in [0.1, 0.15) is 11.8 Å². The lowest BCUT2D eigenvalue weighted by molar-refractivity contribution is -0.115. The van der Waals surface area contributed by atoms with E-state index in [1.54, 1.807) is 0 Å². The molecule has 0 atom stereocenters. The summed E-state index contributed by atoms with van der Waals surface area (Å²) in [5.74, 6) is 0. The summed E-state index contributed by atoms with van der Waals surface area (Å²) < 4.78 is 0. The van der Waals surface area contributed by atoms with Gasteiger partial charge < -0.3 is 10.2 Å². The average molecular weight is 123 g/mol. The van der Waals surface area contributed by atoms with Crippen LogP contribution in [0.5, 0.6) is 0 Å². The molecule has 1 heterocycles. The molecule has 0 aromatic heterocycles. The number of amides is 1. The highest BCUT2D eigenvalue weighted by Crippen LogP contribution is 1.97. The highest BCUT2D eigenvalue weighted by molar-refractivity contribution is 5.51. The number of rotatable bonds is 1. The number of hydrogen-bond acceptors (Lipinski definition) is 3. The maximum absolute atomic E-state index is 10.0. The van der Waals surface area contributed by atoms with Gasteiger partial charge in [0.15, 0.2) is 0 Å². The van der Waals surface area contributed by atoms with E-state index in [0.29, 0.717) is 18.8 Å². The molecule has 4 heteroatoms. The van der Waals surface area contributed by atoms with Gasteiger partial charge in [0, 0.05) is 6.20 Å². The van der Waals surface area contributed by atoms with Gasteiger partial charge in [-0.1, -0.05) is 0 Å². The Bertz CT molecular complexity index is 191. The largest absolute Gasteiger partial charge is 0.358 e. The van der Waals surface area contributed by atoms with Crippen molar-refractivity contribution in [2.45, 2.75) is 0 Å². The van der Waals surface area contributed by atoms with E-state index in [1.807, 2.05) is 6.07 Å². The Kier molecular flexibility index (Phi) is 1.36. The fraction of sp³-hybridized carbons (Fsp3) is 0.200. The minimum absolute atomic E-state index is 0.409. The van der Waals surface area contributed by atoms with Crippen molar-refractivity contribution in [1.29, 1.82) is 5.26 Å². The van der Waals surface area contributed by atoms with E-state index < -0.39 is 0 Å². The third-order valence-corrected chi connectivity index (χ3v) is 1.00. The molecule has 0 aromatic rings. The summed E-state index contributed by atoms with van der Waals surface area (Å²) in [4.78, 5) is 11.4. The zero-order chi connectivity index (χ0) is 6.69. The van der Waals surface area contributed by atoms with Gasteiger partial charge in [-0.25, -0.2) is 0 Å². The molecule has 0 spiro atoms. The van der Waals surface area contributed by atoms with E-state index in [0.717, 1.165) is 0 Å². The molecule has 1 amide bonds. The molecule has 0 saturated carbocycles. The monoisotopic (exact) mass is 123 g/mol. The third-order valence-electron chi connectivity index (χ3n) is 1.00. The Morgan fingerprint density at radius 3 is 3.11 bits per heavy atom. The lowest BCUT2D eigenvalue weighted by atomic mass is 10.5. The van der Waals surface area contributed by atoms with E-state index >= 15 is 0 Å². The molecule has 1 aliphatic heterocycles. The molecule has 0 radical (unpaired) electrons. The second-order valence-electron chi connectivity index (χ2n) is 1.61. The second-order valence-corrected chi connectivity index (χ2v) is 1.61. The van der Waals surface area contributed by atoms with Crippen molar-refractivity contribution in [1.82, 2.24) is 10.2 Å². The highest BCUT2D eigenvalue weighted by Gasteiger charge is 2.07. The van der Waals surface area contributed by atoms with Gasteiger partial charge in [-0.3, -0.25) is 4.79 Å². The first-order valence-corrected chi connectivity index (χ1v) is 2.43. The Balaban J connectivity index is 2.62. The van der Waals surface area contributed by atoms with Crippen molar-refractivity contribution in [2.75, 3.05) is 6.67 Å². The van der Waals surface area contributed by atoms with Crippen molar-refractivity contribution in [3.63, 3.8) is 0 Å². The molecule has 4 nitrogen and oxygen atoms in total. The van der Waals surface area contributed by atoms with Crippen molar-refractivity contribution in [3.8, 4) is 6.07 Å². The lowest BCUT2D eigenvalue weighted by Gasteiger charge is -2.00. The Morgan fingerprint density at radius 2 is 2.78 bits per heavy atom. The summed E-state index contributed by atoms with van der Waals surface area (Å²) in [6.45, 7) is 0.409. The number of nitrogens with one attached hydrogen (secondary N) is 1. The van der Waals surface area contributed by atoms with Crippen LogP contribution in [0.25, 0.3) is 0 Å². The molecule has 0 aliphatic carbocycles. The van der Waals surface area contributed by atoms with E-state index in [4.69, 9.17) is 5.26 Å². The van der Waals surface area contributed by atoms with Crippen LogP contribution in [0.4, 0.5) is 0 Å². The molecule has 0 fully saturated rings. The summed E-state index contributed by atoms with van der Waals surface area (Å²) in [6, 6.07) is 1.88. The SMILES string of the molecule is N#CC1=CN(C=O)CN1. The van der Waals surface area contributed by atoms with Gasteiger partial charge in [-0.15, -0.1) is 0 Å². The number of carbonyl (C=O) groups is 1. The summed E-state index contributed by atoms with van der Waals surface area (Å²) in [7, 11) is 0. The zero-order valence-electron chi connectivity index (χ0n) is 4.66. The number of carbonyl (C=O) groups excluding carboxylic acids is 1. The van der Waals surface area contributed by atoms with E-state index in [9.17, 15) is 4.79 Å². The minimum atomic E-state index is 0.409. The fourth-order valence-corrected chi connectivity index (χ4v) is 0.570. The van der Waals surface area contributed by atoms with Gasteiger partial charge in [0.05, 0.1) is 6.67 Å². The standard InChI is InChI=1S/C5H5N3O/c6-1-5-2-8(4-9)3-7-5/h2,4,7H,3H2. The van der Waals surface area contributed by atoms with Crippen molar-refractivity contribution < 1.29 is 4.79 Å². The van der Waals surface area contributed by atoms with Crippen LogP contribution in [-0.2, 0) is 4.79 Å².